The highest BCUT2D eigenvalue weighted by molar-refractivity contribution is 5.82. The second-order valence-electron chi connectivity index (χ2n) is 4.08. The first-order valence-corrected chi connectivity index (χ1v) is 5.30. The highest BCUT2D eigenvalue weighted by Gasteiger charge is 2.16. The Labute approximate surface area is 91.9 Å². The Kier molecular flexibility index (Phi) is 1.36. The summed E-state index contributed by atoms with van der Waals surface area (Å²) in [5.41, 5.74) is 2.31. The molecule has 3 heteroatoms. The third-order valence-corrected chi connectivity index (χ3v) is 3.10. The van der Waals surface area contributed by atoms with Crippen molar-refractivity contribution < 1.29 is 4.74 Å². The van der Waals surface area contributed by atoms with Gasteiger partial charge in [0.25, 0.3) is 0 Å². The number of fused-ring (bicyclic) bond motifs is 4. The normalized spacial score (nSPS) is 17.0. The summed E-state index contributed by atoms with van der Waals surface area (Å²) in [5, 5.41) is 3.67. The third kappa shape index (κ3) is 0.922. The van der Waals surface area contributed by atoms with Crippen LogP contribution >= 0.6 is 0 Å². The Morgan fingerprint density at radius 3 is 3.19 bits per heavy atom. The summed E-state index contributed by atoms with van der Waals surface area (Å²) in [7, 11) is 0. The standard InChI is InChI=1S/C13H10N2O/c1-2-4-12-10(3-1)11-5-9-7-16-8-15(9)6-13(11)14-12/h1-7,14H,8H2. The molecule has 0 bridgehead atoms. The minimum Gasteiger partial charge on any atom is -0.478 e. The third-order valence-electron chi connectivity index (χ3n) is 3.10. The molecule has 2 aliphatic rings. The van der Waals surface area contributed by atoms with Crippen LogP contribution in [0.5, 0.6) is 0 Å². The molecule has 0 spiro atoms. The molecule has 1 aromatic heterocycles. The molecule has 2 aliphatic heterocycles. The van der Waals surface area contributed by atoms with E-state index in [0.29, 0.717) is 6.73 Å². The molecule has 4 rings (SSSR count). The molecular weight excluding hydrogens is 200 g/mol. The molecule has 0 unspecified atom stereocenters. The molecule has 2 aromatic rings. The van der Waals surface area contributed by atoms with Crippen molar-refractivity contribution in [3.8, 4) is 0 Å². The Morgan fingerprint density at radius 2 is 2.19 bits per heavy atom. The van der Waals surface area contributed by atoms with Crippen LogP contribution in [0, 0.1) is 0 Å². The summed E-state index contributed by atoms with van der Waals surface area (Å²) in [6.07, 6.45) is 6.08. The number of para-hydroxylation sites is 1. The van der Waals surface area contributed by atoms with Crippen LogP contribution < -0.4 is 10.6 Å². The first-order chi connectivity index (χ1) is 7.92. The van der Waals surface area contributed by atoms with E-state index in [2.05, 4.69) is 40.4 Å². The van der Waals surface area contributed by atoms with E-state index in [1.54, 1.807) is 6.26 Å². The fourth-order valence-electron chi connectivity index (χ4n) is 2.32. The van der Waals surface area contributed by atoms with E-state index < -0.39 is 0 Å². The van der Waals surface area contributed by atoms with Crippen LogP contribution in [-0.4, -0.2) is 16.6 Å². The largest absolute Gasteiger partial charge is 0.478 e. The van der Waals surface area contributed by atoms with Gasteiger partial charge in [-0.1, -0.05) is 18.2 Å². The van der Waals surface area contributed by atoms with Gasteiger partial charge in [-0.05, 0) is 12.1 Å². The molecule has 0 saturated heterocycles. The fraction of sp³-hybridized carbons (Fsp3) is 0.0769. The zero-order chi connectivity index (χ0) is 10.5. The number of hydrogen-bond acceptors (Lipinski definition) is 2. The smallest absolute Gasteiger partial charge is 0.164 e. The Hall–Kier alpha value is -2.16. The maximum atomic E-state index is 5.29. The predicted molar refractivity (Wildman–Crippen MR) is 62.4 cm³/mol. The Balaban J connectivity index is 2.19. The van der Waals surface area contributed by atoms with Crippen LogP contribution in [0.3, 0.4) is 0 Å². The molecule has 78 valence electrons. The molecule has 0 atom stereocenters. The summed E-state index contributed by atoms with van der Waals surface area (Å²) >= 11 is 0. The number of allylic oxidation sites excluding steroid dienone is 1. The van der Waals surface area contributed by atoms with Gasteiger partial charge in [0, 0.05) is 22.3 Å². The number of benzene rings is 1. The van der Waals surface area contributed by atoms with E-state index >= 15 is 0 Å². The van der Waals surface area contributed by atoms with Gasteiger partial charge < -0.3 is 14.6 Å². The Morgan fingerprint density at radius 1 is 1.25 bits per heavy atom. The molecule has 0 radical (unpaired) electrons. The summed E-state index contributed by atoms with van der Waals surface area (Å²) < 4.78 is 5.29. The molecular formula is C13H10N2O. The predicted octanol–water partition coefficient (Wildman–Crippen LogP) is 0.831. The van der Waals surface area contributed by atoms with Crippen LogP contribution in [0.4, 0.5) is 0 Å². The lowest BCUT2D eigenvalue weighted by atomic mass is 10.2. The number of aromatic nitrogens is 1. The second kappa shape index (κ2) is 2.70. The zero-order valence-corrected chi connectivity index (χ0v) is 8.60. The molecule has 0 saturated carbocycles. The van der Waals surface area contributed by atoms with Crippen molar-refractivity contribution in [3.05, 3.63) is 46.8 Å². The number of nitrogens with one attached hydrogen (secondary N) is 1. The molecule has 16 heavy (non-hydrogen) atoms. The van der Waals surface area contributed by atoms with Gasteiger partial charge in [0.1, 0.15) is 6.26 Å². The number of nitrogens with zero attached hydrogens (tertiary/aromatic N) is 1. The topological polar surface area (TPSA) is 28.3 Å². The van der Waals surface area contributed by atoms with Gasteiger partial charge in [0.2, 0.25) is 0 Å². The van der Waals surface area contributed by atoms with Gasteiger partial charge >= 0.3 is 0 Å². The van der Waals surface area contributed by atoms with Gasteiger partial charge in [0.15, 0.2) is 6.73 Å². The van der Waals surface area contributed by atoms with Crippen molar-refractivity contribution in [3.63, 3.8) is 0 Å². The lowest BCUT2D eigenvalue weighted by Crippen LogP contribution is -2.32. The van der Waals surface area contributed by atoms with E-state index in [4.69, 9.17) is 4.74 Å². The monoisotopic (exact) mass is 210 g/mol. The van der Waals surface area contributed by atoms with E-state index in [1.165, 1.54) is 16.1 Å². The van der Waals surface area contributed by atoms with E-state index in [0.717, 1.165) is 11.0 Å². The highest BCUT2D eigenvalue weighted by atomic mass is 16.5. The number of rotatable bonds is 0. The minimum atomic E-state index is 0.612. The molecule has 1 aromatic carbocycles. The van der Waals surface area contributed by atoms with Crippen molar-refractivity contribution in [1.82, 2.24) is 9.88 Å². The van der Waals surface area contributed by atoms with E-state index in [9.17, 15) is 0 Å². The number of aromatic amines is 1. The van der Waals surface area contributed by atoms with Gasteiger partial charge in [0.05, 0.1) is 11.0 Å². The van der Waals surface area contributed by atoms with E-state index in [-0.39, 0.29) is 0 Å². The first kappa shape index (κ1) is 8.05. The maximum Gasteiger partial charge on any atom is 0.164 e. The van der Waals surface area contributed by atoms with Crippen LogP contribution in [0.1, 0.15) is 0 Å². The SMILES string of the molecule is C1=C2C=c3c([nH]c4ccccc34)=CN2CO1. The van der Waals surface area contributed by atoms with Gasteiger partial charge in [-0.25, -0.2) is 0 Å². The van der Waals surface area contributed by atoms with Crippen molar-refractivity contribution in [2.24, 2.45) is 0 Å². The van der Waals surface area contributed by atoms with Gasteiger partial charge in [-0.3, -0.25) is 0 Å². The van der Waals surface area contributed by atoms with Crippen LogP contribution in [-0.2, 0) is 4.74 Å². The summed E-state index contributed by atoms with van der Waals surface area (Å²) in [5.74, 6) is 0. The van der Waals surface area contributed by atoms with Crippen molar-refractivity contribution in [2.75, 3.05) is 6.73 Å². The van der Waals surface area contributed by atoms with Crippen molar-refractivity contribution in [2.45, 2.75) is 0 Å². The average Bonchev–Trinajstić information content (AvgIpc) is 2.88. The summed E-state index contributed by atoms with van der Waals surface area (Å²) in [4.78, 5) is 5.51. The van der Waals surface area contributed by atoms with Crippen molar-refractivity contribution in [1.29, 1.82) is 0 Å². The quantitative estimate of drug-likeness (QED) is 0.697. The lowest BCUT2D eigenvalue weighted by molar-refractivity contribution is 0.212. The van der Waals surface area contributed by atoms with Gasteiger partial charge in [-0.2, -0.15) is 0 Å². The zero-order valence-electron chi connectivity index (χ0n) is 8.60. The van der Waals surface area contributed by atoms with Gasteiger partial charge in [-0.15, -0.1) is 0 Å². The number of H-pyrrole nitrogens is 1. The van der Waals surface area contributed by atoms with Crippen molar-refractivity contribution >= 4 is 23.2 Å². The highest BCUT2D eigenvalue weighted by Crippen LogP contribution is 2.16. The molecule has 3 nitrogen and oxygen atoms in total. The van der Waals surface area contributed by atoms with Crippen LogP contribution in [0.15, 0.2) is 36.2 Å². The summed E-state index contributed by atoms with van der Waals surface area (Å²) in [6, 6.07) is 8.36. The average molecular weight is 210 g/mol. The molecule has 3 heterocycles. The molecule has 0 fully saturated rings. The summed E-state index contributed by atoms with van der Waals surface area (Å²) in [6.45, 7) is 0.612. The maximum absolute atomic E-state index is 5.29. The van der Waals surface area contributed by atoms with E-state index in [1.807, 2.05) is 6.07 Å². The Bertz CT molecular complexity index is 724. The first-order valence-electron chi connectivity index (χ1n) is 5.30. The van der Waals surface area contributed by atoms with Crippen LogP contribution in [0.2, 0.25) is 0 Å². The molecule has 0 amide bonds. The van der Waals surface area contributed by atoms with Crippen LogP contribution in [0.25, 0.3) is 23.2 Å². The fourth-order valence-corrected chi connectivity index (χ4v) is 2.32. The second-order valence-corrected chi connectivity index (χ2v) is 4.08. The molecule has 1 N–H and O–H groups in total. The minimum absolute atomic E-state index is 0.612. The number of hydrogen-bond donors (Lipinski definition) is 1. The lowest BCUT2D eigenvalue weighted by Gasteiger charge is -2.13. The number of ether oxygens (including phenoxy) is 1. The molecule has 0 aliphatic carbocycles.